The molecule has 2 nitrogen and oxygen atoms in total. The van der Waals surface area contributed by atoms with Crippen molar-refractivity contribution in [3.63, 3.8) is 0 Å². The van der Waals surface area contributed by atoms with Crippen molar-refractivity contribution >= 4 is 0 Å². The number of hydrogen-bond donors (Lipinski definition) is 1. The fraction of sp³-hybridized carbons (Fsp3) is 0.824. The molecular weight excluding hydrogens is 232 g/mol. The summed E-state index contributed by atoms with van der Waals surface area (Å²) in [5.74, 6) is 0. The Kier molecular flexibility index (Phi) is 9.48. The summed E-state index contributed by atoms with van der Waals surface area (Å²) < 4.78 is 0. The predicted molar refractivity (Wildman–Crippen MR) is 83.5 cm³/mol. The van der Waals surface area contributed by atoms with Crippen LogP contribution in [0.1, 0.15) is 89.4 Å². The zero-order chi connectivity index (χ0) is 13.8. The quantitative estimate of drug-likeness (QED) is 0.501. The van der Waals surface area contributed by atoms with Crippen molar-refractivity contribution in [3.8, 4) is 0 Å². The van der Waals surface area contributed by atoms with Gasteiger partial charge in [0.05, 0.1) is 5.69 Å². The van der Waals surface area contributed by atoms with Gasteiger partial charge in [0.25, 0.3) is 0 Å². The smallest absolute Gasteiger partial charge is 0.0625 e. The molecule has 0 aliphatic heterocycles. The van der Waals surface area contributed by atoms with Crippen molar-refractivity contribution in [1.29, 1.82) is 0 Å². The van der Waals surface area contributed by atoms with Gasteiger partial charge in [-0.25, -0.2) is 0 Å². The number of nitrogens with zero attached hydrogens (tertiary/aromatic N) is 1. The number of aromatic amines is 1. The lowest BCUT2D eigenvalue weighted by Crippen LogP contribution is -1.86. The zero-order valence-corrected chi connectivity index (χ0v) is 13.0. The predicted octanol–water partition coefficient (Wildman–Crippen LogP) is 5.44. The molecule has 0 aliphatic carbocycles. The lowest BCUT2D eigenvalue weighted by Gasteiger charge is -1.98. The second-order valence-corrected chi connectivity index (χ2v) is 5.71. The molecule has 0 atom stereocenters. The van der Waals surface area contributed by atoms with Crippen LogP contribution in [0.15, 0.2) is 6.07 Å². The minimum Gasteiger partial charge on any atom is -0.282 e. The summed E-state index contributed by atoms with van der Waals surface area (Å²) in [6.45, 7) is 4.53. The fourth-order valence-corrected chi connectivity index (χ4v) is 2.49. The van der Waals surface area contributed by atoms with E-state index >= 15 is 0 Å². The Balaban J connectivity index is 2.07. The van der Waals surface area contributed by atoms with Crippen LogP contribution in [0.25, 0.3) is 0 Å². The van der Waals surface area contributed by atoms with Gasteiger partial charge in [-0.2, -0.15) is 5.10 Å². The highest BCUT2D eigenvalue weighted by molar-refractivity contribution is 5.08. The maximum atomic E-state index is 4.42. The van der Waals surface area contributed by atoms with Gasteiger partial charge < -0.3 is 0 Å². The summed E-state index contributed by atoms with van der Waals surface area (Å²) in [6, 6.07) is 2.28. The van der Waals surface area contributed by atoms with Crippen molar-refractivity contribution in [2.75, 3.05) is 0 Å². The minimum atomic E-state index is 1.15. The normalized spacial score (nSPS) is 11.1. The Labute approximate surface area is 119 Å². The summed E-state index contributed by atoms with van der Waals surface area (Å²) in [5.41, 5.74) is 2.60. The number of hydrogen-bond acceptors (Lipinski definition) is 1. The third-order valence-electron chi connectivity index (χ3n) is 3.77. The first-order chi connectivity index (χ1) is 9.36. The van der Waals surface area contributed by atoms with Gasteiger partial charge in [0.15, 0.2) is 0 Å². The van der Waals surface area contributed by atoms with Crippen molar-refractivity contribution in [2.24, 2.45) is 0 Å². The molecule has 1 aromatic heterocycles. The number of rotatable bonds is 12. The Hall–Kier alpha value is -0.790. The van der Waals surface area contributed by atoms with E-state index in [1.807, 2.05) is 0 Å². The first kappa shape index (κ1) is 16.3. The van der Waals surface area contributed by atoms with Crippen LogP contribution in [0.2, 0.25) is 0 Å². The molecule has 0 aliphatic rings. The third kappa shape index (κ3) is 8.07. The first-order valence-electron chi connectivity index (χ1n) is 8.40. The van der Waals surface area contributed by atoms with Gasteiger partial charge in [0, 0.05) is 5.69 Å². The van der Waals surface area contributed by atoms with E-state index in [0.29, 0.717) is 0 Å². The van der Waals surface area contributed by atoms with Crippen LogP contribution >= 0.6 is 0 Å². The molecule has 0 aromatic carbocycles. The molecule has 0 radical (unpaired) electrons. The van der Waals surface area contributed by atoms with Gasteiger partial charge in [-0.05, 0) is 31.7 Å². The highest BCUT2D eigenvalue weighted by Gasteiger charge is 2.01. The Morgan fingerprint density at radius 1 is 0.789 bits per heavy atom. The van der Waals surface area contributed by atoms with E-state index in [0.717, 1.165) is 6.42 Å². The number of unbranched alkanes of at least 4 members (excludes halogenated alkanes) is 8. The van der Waals surface area contributed by atoms with Gasteiger partial charge in [-0.1, -0.05) is 65.2 Å². The molecule has 2 heteroatoms. The average molecular weight is 264 g/mol. The third-order valence-corrected chi connectivity index (χ3v) is 3.77. The van der Waals surface area contributed by atoms with Crippen LogP contribution in [0.4, 0.5) is 0 Å². The van der Waals surface area contributed by atoms with E-state index in [-0.39, 0.29) is 0 Å². The van der Waals surface area contributed by atoms with E-state index in [4.69, 9.17) is 0 Å². The molecule has 0 spiro atoms. The molecule has 110 valence electrons. The number of H-pyrrole nitrogens is 1. The first-order valence-corrected chi connectivity index (χ1v) is 8.40. The Bertz CT molecular complexity index is 275. The summed E-state index contributed by atoms with van der Waals surface area (Å²) in [7, 11) is 0. The van der Waals surface area contributed by atoms with Crippen molar-refractivity contribution in [2.45, 2.75) is 90.9 Å². The van der Waals surface area contributed by atoms with E-state index in [1.165, 1.54) is 82.0 Å². The number of aromatic nitrogens is 2. The summed E-state index contributed by atoms with van der Waals surface area (Å²) in [6.07, 6.45) is 15.8. The van der Waals surface area contributed by atoms with E-state index in [2.05, 4.69) is 30.1 Å². The van der Waals surface area contributed by atoms with Crippen molar-refractivity contribution in [3.05, 3.63) is 17.5 Å². The van der Waals surface area contributed by atoms with Crippen LogP contribution in [0.3, 0.4) is 0 Å². The fourth-order valence-electron chi connectivity index (χ4n) is 2.49. The van der Waals surface area contributed by atoms with E-state index < -0.39 is 0 Å². The Morgan fingerprint density at radius 2 is 1.37 bits per heavy atom. The average Bonchev–Trinajstić information content (AvgIpc) is 2.86. The highest BCUT2D eigenvalue weighted by Crippen LogP contribution is 2.11. The standard InChI is InChI=1S/C17H32N2/c1-3-5-7-9-11-13-16-15-17(19-18-16)14-12-10-8-6-4-2/h15H,3-14H2,1-2H3,(H,18,19). The topological polar surface area (TPSA) is 28.7 Å². The van der Waals surface area contributed by atoms with Gasteiger partial charge in [0.2, 0.25) is 0 Å². The molecule has 0 amide bonds. The minimum absolute atomic E-state index is 1.15. The van der Waals surface area contributed by atoms with E-state index in [1.54, 1.807) is 0 Å². The monoisotopic (exact) mass is 264 g/mol. The highest BCUT2D eigenvalue weighted by atomic mass is 15.1. The largest absolute Gasteiger partial charge is 0.282 e. The second kappa shape index (κ2) is 11.1. The van der Waals surface area contributed by atoms with Crippen LogP contribution in [0.5, 0.6) is 0 Å². The van der Waals surface area contributed by atoms with Crippen LogP contribution in [-0.4, -0.2) is 10.2 Å². The summed E-state index contributed by atoms with van der Waals surface area (Å²) in [4.78, 5) is 0. The molecule has 19 heavy (non-hydrogen) atoms. The maximum absolute atomic E-state index is 4.42. The molecule has 0 bridgehead atoms. The van der Waals surface area contributed by atoms with Crippen LogP contribution < -0.4 is 0 Å². The SMILES string of the molecule is CCCCCCCc1cc(CCCCCCC)[nH]n1. The van der Waals surface area contributed by atoms with Gasteiger partial charge in [0.1, 0.15) is 0 Å². The van der Waals surface area contributed by atoms with Crippen LogP contribution in [-0.2, 0) is 12.8 Å². The molecule has 0 unspecified atom stereocenters. The lowest BCUT2D eigenvalue weighted by molar-refractivity contribution is 0.626. The molecule has 1 N–H and O–H groups in total. The molecule has 0 saturated carbocycles. The number of nitrogens with one attached hydrogen (secondary N) is 1. The summed E-state index contributed by atoms with van der Waals surface area (Å²) in [5, 5.41) is 7.62. The molecule has 0 saturated heterocycles. The van der Waals surface area contributed by atoms with Gasteiger partial charge in [-0.15, -0.1) is 0 Å². The van der Waals surface area contributed by atoms with Gasteiger partial charge >= 0.3 is 0 Å². The lowest BCUT2D eigenvalue weighted by atomic mass is 10.1. The molecule has 0 fully saturated rings. The molecule has 1 heterocycles. The zero-order valence-electron chi connectivity index (χ0n) is 13.0. The van der Waals surface area contributed by atoms with Crippen LogP contribution in [0, 0.1) is 0 Å². The second-order valence-electron chi connectivity index (χ2n) is 5.71. The molecule has 1 rings (SSSR count). The molecular formula is C17H32N2. The Morgan fingerprint density at radius 3 is 2.00 bits per heavy atom. The summed E-state index contributed by atoms with van der Waals surface area (Å²) >= 11 is 0. The maximum Gasteiger partial charge on any atom is 0.0625 e. The van der Waals surface area contributed by atoms with E-state index in [9.17, 15) is 0 Å². The molecule has 1 aromatic rings. The van der Waals surface area contributed by atoms with Crippen molar-refractivity contribution < 1.29 is 0 Å². The number of aryl methyl sites for hydroxylation is 2. The van der Waals surface area contributed by atoms with Crippen molar-refractivity contribution in [1.82, 2.24) is 10.2 Å². The van der Waals surface area contributed by atoms with Gasteiger partial charge in [-0.3, -0.25) is 5.10 Å².